The van der Waals surface area contributed by atoms with Gasteiger partial charge < -0.3 is 20.1 Å². The molecular weight excluding hydrogens is 477 g/mol. The van der Waals surface area contributed by atoms with Crippen LogP contribution < -0.4 is 10.1 Å². The number of piperidine rings is 1. The first kappa shape index (κ1) is 27.3. The van der Waals surface area contributed by atoms with Gasteiger partial charge in [-0.1, -0.05) is 18.2 Å². The highest BCUT2D eigenvalue weighted by atomic mass is 19.4. The van der Waals surface area contributed by atoms with Gasteiger partial charge in [0, 0.05) is 50.5 Å². The molecule has 0 aliphatic carbocycles. The molecule has 0 bridgehead atoms. The number of hydrogen-bond donors (Lipinski definition) is 2. The summed E-state index contributed by atoms with van der Waals surface area (Å²) in [5.41, 5.74) is 2.53. The van der Waals surface area contributed by atoms with Gasteiger partial charge in [-0.15, -0.1) is 0 Å². The van der Waals surface area contributed by atoms with E-state index in [0.717, 1.165) is 50.5 Å². The fourth-order valence-corrected chi connectivity index (χ4v) is 4.71. The Balaban J connectivity index is 0.000000454. The Morgan fingerprint density at radius 1 is 1.14 bits per heavy atom. The van der Waals surface area contributed by atoms with E-state index in [1.54, 1.807) is 19.5 Å². The predicted octanol–water partition coefficient (Wildman–Crippen LogP) is 3.92. The minimum Gasteiger partial charge on any atom is -0.497 e. The molecule has 1 aromatic heterocycles. The molecule has 0 saturated carbocycles. The minimum absolute atomic E-state index is 0.0376. The molecule has 2 fully saturated rings. The van der Waals surface area contributed by atoms with Crippen molar-refractivity contribution in [3.05, 3.63) is 59.9 Å². The normalized spacial score (nSPS) is 19.9. The number of aliphatic carboxylic acids is 1. The maximum Gasteiger partial charge on any atom is 0.490 e. The number of carboxylic acids is 1. The second kappa shape index (κ2) is 12.1. The van der Waals surface area contributed by atoms with Crippen LogP contribution in [0.2, 0.25) is 0 Å². The summed E-state index contributed by atoms with van der Waals surface area (Å²) >= 11 is 0. The molecule has 1 atom stereocenters. The molecule has 196 valence electrons. The van der Waals surface area contributed by atoms with Crippen molar-refractivity contribution in [2.75, 3.05) is 33.3 Å². The highest BCUT2D eigenvalue weighted by molar-refractivity contribution is 5.74. The van der Waals surface area contributed by atoms with E-state index in [1.165, 1.54) is 18.4 Å². The van der Waals surface area contributed by atoms with Crippen molar-refractivity contribution in [1.82, 2.24) is 20.1 Å². The van der Waals surface area contributed by atoms with Gasteiger partial charge in [-0.3, -0.25) is 9.88 Å². The molecule has 36 heavy (non-hydrogen) atoms. The first-order valence-electron chi connectivity index (χ1n) is 11.7. The third-order valence-electron chi connectivity index (χ3n) is 6.42. The smallest absolute Gasteiger partial charge is 0.490 e. The number of methoxy groups -OCH3 is 1. The fourth-order valence-electron chi connectivity index (χ4n) is 4.71. The molecule has 2 N–H and O–H groups in total. The summed E-state index contributed by atoms with van der Waals surface area (Å²) in [6, 6.07) is 12.2. The molecule has 3 heterocycles. The number of nitrogens with one attached hydrogen (secondary N) is 1. The first-order chi connectivity index (χ1) is 17.1. The Bertz CT molecular complexity index is 1020. The number of rotatable bonds is 5. The summed E-state index contributed by atoms with van der Waals surface area (Å²) in [6.07, 6.45) is 1.93. The van der Waals surface area contributed by atoms with E-state index >= 15 is 0 Å². The number of halogens is 3. The molecule has 2 aromatic rings. The number of carboxylic acid groups (broad SMARTS) is 1. The van der Waals surface area contributed by atoms with Crippen molar-refractivity contribution in [2.24, 2.45) is 5.41 Å². The largest absolute Gasteiger partial charge is 0.497 e. The van der Waals surface area contributed by atoms with Crippen molar-refractivity contribution >= 4 is 12.0 Å². The Kier molecular flexibility index (Phi) is 9.14. The van der Waals surface area contributed by atoms with E-state index in [9.17, 15) is 18.0 Å². The quantitative estimate of drug-likeness (QED) is 0.636. The van der Waals surface area contributed by atoms with E-state index < -0.39 is 12.1 Å². The van der Waals surface area contributed by atoms with Crippen LogP contribution in [0.1, 0.15) is 30.4 Å². The number of alkyl halides is 3. The highest BCUT2D eigenvalue weighted by Crippen LogP contribution is 2.39. The number of carbonyl (C=O) groups is 2. The van der Waals surface area contributed by atoms with E-state index in [-0.39, 0.29) is 11.4 Å². The molecule has 1 spiro atoms. The van der Waals surface area contributed by atoms with Crippen LogP contribution in [-0.4, -0.2) is 71.4 Å². The monoisotopic (exact) mass is 508 g/mol. The van der Waals surface area contributed by atoms with Crippen molar-refractivity contribution in [3.63, 3.8) is 0 Å². The highest BCUT2D eigenvalue weighted by Gasteiger charge is 2.42. The van der Waals surface area contributed by atoms with E-state index in [0.29, 0.717) is 6.54 Å². The second-order valence-corrected chi connectivity index (χ2v) is 9.16. The molecule has 0 radical (unpaired) electrons. The maximum atomic E-state index is 12.7. The molecule has 8 nitrogen and oxygen atoms in total. The van der Waals surface area contributed by atoms with Gasteiger partial charge in [-0.25, -0.2) is 9.59 Å². The van der Waals surface area contributed by atoms with Crippen molar-refractivity contribution in [3.8, 4) is 5.75 Å². The van der Waals surface area contributed by atoms with Crippen LogP contribution >= 0.6 is 0 Å². The third-order valence-corrected chi connectivity index (χ3v) is 6.42. The van der Waals surface area contributed by atoms with Gasteiger partial charge in [0.05, 0.1) is 7.11 Å². The Hall–Kier alpha value is -3.34. The van der Waals surface area contributed by atoms with Crippen molar-refractivity contribution < 1.29 is 32.6 Å². The number of ether oxygens (including phenoxy) is 1. The average molecular weight is 509 g/mol. The summed E-state index contributed by atoms with van der Waals surface area (Å²) in [4.78, 5) is 30.2. The predicted molar refractivity (Wildman–Crippen MR) is 126 cm³/mol. The van der Waals surface area contributed by atoms with E-state index in [4.69, 9.17) is 14.6 Å². The third kappa shape index (κ3) is 7.84. The van der Waals surface area contributed by atoms with Gasteiger partial charge >= 0.3 is 18.2 Å². The first-order valence-corrected chi connectivity index (χ1v) is 11.7. The van der Waals surface area contributed by atoms with Gasteiger partial charge in [0.15, 0.2) is 0 Å². The minimum atomic E-state index is -5.08. The van der Waals surface area contributed by atoms with Crippen LogP contribution in [0.5, 0.6) is 5.75 Å². The number of benzene rings is 1. The van der Waals surface area contributed by atoms with Crippen LogP contribution in [0.4, 0.5) is 18.0 Å². The Morgan fingerprint density at radius 2 is 1.89 bits per heavy atom. The van der Waals surface area contributed by atoms with Crippen molar-refractivity contribution in [2.45, 2.75) is 38.5 Å². The molecule has 2 saturated heterocycles. The zero-order chi connectivity index (χ0) is 26.2. The van der Waals surface area contributed by atoms with Crippen LogP contribution in [0, 0.1) is 5.41 Å². The topological polar surface area (TPSA) is 95.0 Å². The lowest BCUT2D eigenvalue weighted by atomic mass is 9.79. The molecule has 2 amide bonds. The lowest BCUT2D eigenvalue weighted by Crippen LogP contribution is -2.46. The summed E-state index contributed by atoms with van der Waals surface area (Å²) in [7, 11) is 1.71. The zero-order valence-corrected chi connectivity index (χ0v) is 20.1. The van der Waals surface area contributed by atoms with Crippen LogP contribution in [0.15, 0.2) is 48.8 Å². The molecule has 4 rings (SSSR count). The molecule has 1 aromatic carbocycles. The van der Waals surface area contributed by atoms with Gasteiger partial charge in [0.25, 0.3) is 0 Å². The van der Waals surface area contributed by atoms with E-state index in [2.05, 4.69) is 33.4 Å². The number of urea groups is 1. The number of carbonyl (C=O) groups excluding carboxylic acids is 1. The van der Waals surface area contributed by atoms with Crippen LogP contribution in [-0.2, 0) is 17.9 Å². The Morgan fingerprint density at radius 3 is 2.56 bits per heavy atom. The van der Waals surface area contributed by atoms with Crippen LogP contribution in [0.25, 0.3) is 0 Å². The number of aromatic nitrogens is 1. The Labute approximate surface area is 208 Å². The number of nitrogens with zero attached hydrogens (tertiary/aromatic N) is 3. The fraction of sp³-hybridized carbons (Fsp3) is 0.480. The SMILES string of the molecule is COc1cccc(CN2CCCC3(CCN(C(=O)NCc4cccnc4)C3)C2)c1.O=C(O)C(F)(F)F. The van der Waals surface area contributed by atoms with Gasteiger partial charge in [-0.05, 0) is 55.1 Å². The van der Waals surface area contributed by atoms with Gasteiger partial charge in [-0.2, -0.15) is 13.2 Å². The van der Waals surface area contributed by atoms with Gasteiger partial charge in [0.2, 0.25) is 0 Å². The molecular formula is C25H31F3N4O4. The molecule has 11 heteroatoms. The summed E-state index contributed by atoms with van der Waals surface area (Å²) in [5.74, 6) is -1.85. The average Bonchev–Trinajstić information content (AvgIpc) is 3.26. The standard InChI is InChI=1S/C23H30N4O2.C2HF3O2/c1-29-21-7-2-5-19(13-21)16-26-11-4-8-23(17-26)9-12-27(18-23)22(28)25-15-20-6-3-10-24-14-20;3-2(4,5)1(6)7/h2-3,5-7,10,13-14H,4,8-9,11-12,15-18H2,1H3,(H,25,28);(H,6,7). The van der Waals surface area contributed by atoms with Gasteiger partial charge in [0.1, 0.15) is 5.75 Å². The molecule has 2 aliphatic heterocycles. The summed E-state index contributed by atoms with van der Waals surface area (Å²) in [6.45, 7) is 5.32. The molecule has 1 unspecified atom stereocenters. The summed E-state index contributed by atoms with van der Waals surface area (Å²) < 4.78 is 37.1. The van der Waals surface area contributed by atoms with E-state index in [1.807, 2.05) is 23.1 Å². The number of pyridine rings is 1. The second-order valence-electron chi connectivity index (χ2n) is 9.16. The number of likely N-dealkylation sites (tertiary alicyclic amines) is 2. The zero-order valence-electron chi connectivity index (χ0n) is 20.1. The van der Waals surface area contributed by atoms with Crippen LogP contribution in [0.3, 0.4) is 0 Å². The number of hydrogen-bond acceptors (Lipinski definition) is 5. The summed E-state index contributed by atoms with van der Waals surface area (Å²) in [5, 5.41) is 10.2. The maximum absolute atomic E-state index is 12.7. The van der Waals surface area contributed by atoms with Crippen molar-refractivity contribution in [1.29, 1.82) is 0 Å². The number of amides is 2. The lowest BCUT2D eigenvalue weighted by molar-refractivity contribution is -0.192. The molecule has 2 aliphatic rings. The lowest BCUT2D eigenvalue weighted by Gasteiger charge is -2.40.